The smallest absolute Gasteiger partial charge is 0.223 e. The second-order valence-electron chi connectivity index (χ2n) is 7.88. The second-order valence-corrected chi connectivity index (χ2v) is 7.88. The fourth-order valence-electron chi connectivity index (χ4n) is 5.23. The van der Waals surface area contributed by atoms with E-state index in [1.54, 1.807) is 0 Å². The summed E-state index contributed by atoms with van der Waals surface area (Å²) in [4.78, 5) is 12.7. The zero-order chi connectivity index (χ0) is 15.8. The Labute approximate surface area is 139 Å². The number of hydrogen-bond donors (Lipinski definition) is 2. The highest BCUT2D eigenvalue weighted by Gasteiger charge is 2.40. The van der Waals surface area contributed by atoms with Crippen LogP contribution in [0.15, 0.2) is 24.3 Å². The molecular formula is C20H28N2O. The monoisotopic (exact) mass is 312 g/mol. The summed E-state index contributed by atoms with van der Waals surface area (Å²) in [6.45, 7) is 0.799. The summed E-state index contributed by atoms with van der Waals surface area (Å²) < 4.78 is 0. The standard InChI is InChI=1S/C20H28N2O/c21-19-14-5-3-6-15(19)11-17(10-14)20(23)22-12-16-9-8-13-4-1-2-7-18(13)16/h1-2,4,7,14-17,19H,3,5-6,8-12,21H2,(H,22,23). The molecule has 3 heteroatoms. The molecule has 0 aliphatic heterocycles. The molecule has 0 saturated heterocycles. The Bertz CT molecular complexity index is 571. The molecule has 4 rings (SSSR count). The molecule has 3 aliphatic carbocycles. The summed E-state index contributed by atoms with van der Waals surface area (Å²) in [5.74, 6) is 2.12. The van der Waals surface area contributed by atoms with Crippen molar-refractivity contribution in [2.24, 2.45) is 23.5 Å². The number of nitrogens with one attached hydrogen (secondary N) is 1. The summed E-state index contributed by atoms with van der Waals surface area (Å²) in [7, 11) is 0. The minimum Gasteiger partial charge on any atom is -0.355 e. The predicted molar refractivity (Wildman–Crippen MR) is 92.0 cm³/mol. The number of benzene rings is 1. The third-order valence-corrected chi connectivity index (χ3v) is 6.56. The van der Waals surface area contributed by atoms with E-state index in [-0.39, 0.29) is 11.8 Å². The SMILES string of the molecule is NC1C2CCCC1CC(C(=O)NCC1CCc3ccccc31)C2. The Morgan fingerprint density at radius 2 is 1.87 bits per heavy atom. The number of amides is 1. The largest absolute Gasteiger partial charge is 0.355 e. The van der Waals surface area contributed by atoms with E-state index in [1.165, 1.54) is 36.8 Å². The van der Waals surface area contributed by atoms with Gasteiger partial charge in [-0.2, -0.15) is 0 Å². The lowest BCUT2D eigenvalue weighted by Gasteiger charge is -2.43. The molecule has 0 spiro atoms. The van der Waals surface area contributed by atoms with Gasteiger partial charge in [0.25, 0.3) is 0 Å². The van der Waals surface area contributed by atoms with E-state index in [2.05, 4.69) is 29.6 Å². The predicted octanol–water partition coefficient (Wildman–Crippen LogP) is 2.99. The maximum atomic E-state index is 12.7. The van der Waals surface area contributed by atoms with E-state index in [9.17, 15) is 4.79 Å². The minimum absolute atomic E-state index is 0.196. The van der Waals surface area contributed by atoms with Crippen molar-refractivity contribution in [1.82, 2.24) is 5.32 Å². The molecule has 23 heavy (non-hydrogen) atoms. The first kappa shape index (κ1) is 15.2. The average molecular weight is 312 g/mol. The van der Waals surface area contributed by atoms with Crippen LogP contribution < -0.4 is 11.1 Å². The molecule has 1 aromatic carbocycles. The molecule has 3 N–H and O–H groups in total. The Hall–Kier alpha value is -1.35. The van der Waals surface area contributed by atoms with Crippen molar-refractivity contribution in [1.29, 1.82) is 0 Å². The Balaban J connectivity index is 1.34. The molecule has 0 heterocycles. The number of hydrogen-bond acceptors (Lipinski definition) is 2. The first-order valence-corrected chi connectivity index (χ1v) is 9.33. The third kappa shape index (κ3) is 2.91. The van der Waals surface area contributed by atoms with Crippen molar-refractivity contribution >= 4 is 5.91 Å². The van der Waals surface area contributed by atoms with Gasteiger partial charge in [0.05, 0.1) is 0 Å². The second kappa shape index (κ2) is 6.27. The summed E-state index contributed by atoms with van der Waals surface area (Å²) >= 11 is 0. The van der Waals surface area contributed by atoms with Crippen molar-refractivity contribution in [3.05, 3.63) is 35.4 Å². The molecule has 3 unspecified atom stereocenters. The van der Waals surface area contributed by atoms with E-state index in [0.717, 1.165) is 25.8 Å². The highest BCUT2D eigenvalue weighted by atomic mass is 16.1. The summed E-state index contributed by atoms with van der Waals surface area (Å²) in [6.07, 6.45) is 8.07. The normalized spacial score (nSPS) is 35.6. The van der Waals surface area contributed by atoms with Crippen molar-refractivity contribution in [2.75, 3.05) is 6.54 Å². The van der Waals surface area contributed by atoms with Gasteiger partial charge >= 0.3 is 0 Å². The van der Waals surface area contributed by atoms with Crippen molar-refractivity contribution < 1.29 is 4.79 Å². The van der Waals surface area contributed by atoms with E-state index >= 15 is 0 Å². The lowest BCUT2D eigenvalue weighted by atomic mass is 9.65. The lowest BCUT2D eigenvalue weighted by molar-refractivity contribution is -0.127. The molecule has 0 radical (unpaired) electrons. The minimum atomic E-state index is 0.196. The maximum Gasteiger partial charge on any atom is 0.223 e. The maximum absolute atomic E-state index is 12.7. The number of aryl methyl sites for hydroxylation is 1. The van der Waals surface area contributed by atoms with Crippen LogP contribution >= 0.6 is 0 Å². The van der Waals surface area contributed by atoms with Gasteiger partial charge in [0, 0.05) is 24.4 Å². The lowest BCUT2D eigenvalue weighted by Crippen LogP contribution is -2.49. The fraction of sp³-hybridized carbons (Fsp3) is 0.650. The van der Waals surface area contributed by atoms with Gasteiger partial charge in [0.2, 0.25) is 5.91 Å². The van der Waals surface area contributed by atoms with Gasteiger partial charge in [0.1, 0.15) is 0 Å². The third-order valence-electron chi connectivity index (χ3n) is 6.56. The van der Waals surface area contributed by atoms with Crippen molar-refractivity contribution in [2.45, 2.75) is 56.9 Å². The quantitative estimate of drug-likeness (QED) is 0.901. The number of rotatable bonds is 3. The van der Waals surface area contributed by atoms with Gasteiger partial charge in [0.15, 0.2) is 0 Å². The summed E-state index contributed by atoms with van der Waals surface area (Å²) in [6, 6.07) is 9.02. The highest BCUT2D eigenvalue weighted by Crippen LogP contribution is 2.42. The van der Waals surface area contributed by atoms with Crippen LogP contribution in [0.25, 0.3) is 0 Å². The molecular weight excluding hydrogens is 284 g/mol. The van der Waals surface area contributed by atoms with Gasteiger partial charge in [-0.25, -0.2) is 0 Å². The van der Waals surface area contributed by atoms with E-state index < -0.39 is 0 Å². The molecule has 3 aliphatic rings. The molecule has 3 nitrogen and oxygen atoms in total. The zero-order valence-corrected chi connectivity index (χ0v) is 13.8. The van der Waals surface area contributed by atoms with Gasteiger partial charge < -0.3 is 11.1 Å². The summed E-state index contributed by atoms with van der Waals surface area (Å²) in [5, 5.41) is 3.26. The van der Waals surface area contributed by atoms with E-state index in [4.69, 9.17) is 5.73 Å². The van der Waals surface area contributed by atoms with E-state index in [0.29, 0.717) is 23.8 Å². The van der Waals surface area contributed by atoms with Crippen LogP contribution in [0.1, 0.15) is 55.6 Å². The van der Waals surface area contributed by atoms with Crippen molar-refractivity contribution in [3.63, 3.8) is 0 Å². The molecule has 2 saturated carbocycles. The van der Waals surface area contributed by atoms with Crippen LogP contribution in [0.4, 0.5) is 0 Å². The Morgan fingerprint density at radius 3 is 2.65 bits per heavy atom. The summed E-state index contributed by atoms with van der Waals surface area (Å²) in [5.41, 5.74) is 9.24. The molecule has 1 amide bonds. The molecule has 0 aromatic heterocycles. The molecule has 124 valence electrons. The van der Waals surface area contributed by atoms with Crippen LogP contribution in [0.5, 0.6) is 0 Å². The molecule has 3 atom stereocenters. The number of carbonyl (C=O) groups is 1. The van der Waals surface area contributed by atoms with Crippen LogP contribution in [0.2, 0.25) is 0 Å². The van der Waals surface area contributed by atoms with Crippen LogP contribution in [-0.4, -0.2) is 18.5 Å². The zero-order valence-electron chi connectivity index (χ0n) is 13.8. The molecule has 2 fully saturated rings. The van der Waals surface area contributed by atoms with Gasteiger partial charge in [-0.1, -0.05) is 30.7 Å². The van der Waals surface area contributed by atoms with Crippen LogP contribution in [0.3, 0.4) is 0 Å². The first-order chi connectivity index (χ1) is 11.2. The van der Waals surface area contributed by atoms with Gasteiger partial charge in [-0.05, 0) is 61.5 Å². The number of fused-ring (bicyclic) bond motifs is 3. The van der Waals surface area contributed by atoms with Crippen LogP contribution in [0, 0.1) is 17.8 Å². The molecule has 1 aromatic rings. The van der Waals surface area contributed by atoms with Crippen LogP contribution in [-0.2, 0) is 11.2 Å². The highest BCUT2D eigenvalue weighted by molar-refractivity contribution is 5.79. The van der Waals surface area contributed by atoms with Crippen molar-refractivity contribution in [3.8, 4) is 0 Å². The number of carbonyl (C=O) groups excluding carboxylic acids is 1. The first-order valence-electron chi connectivity index (χ1n) is 9.33. The van der Waals surface area contributed by atoms with Gasteiger partial charge in [-0.15, -0.1) is 0 Å². The topological polar surface area (TPSA) is 55.1 Å². The average Bonchev–Trinajstić information content (AvgIpc) is 2.95. The van der Waals surface area contributed by atoms with E-state index in [1.807, 2.05) is 0 Å². The molecule has 2 bridgehead atoms. The fourth-order valence-corrected chi connectivity index (χ4v) is 5.23. The van der Waals surface area contributed by atoms with Gasteiger partial charge in [-0.3, -0.25) is 4.79 Å². The number of nitrogens with two attached hydrogens (primary N) is 1. The Kier molecular flexibility index (Phi) is 4.14. The Morgan fingerprint density at radius 1 is 1.13 bits per heavy atom.